The van der Waals surface area contributed by atoms with Gasteiger partial charge in [0.2, 0.25) is 0 Å². The van der Waals surface area contributed by atoms with Crippen LogP contribution in [0.3, 0.4) is 0 Å². The molecule has 1 aliphatic heterocycles. The Hall–Kier alpha value is -3.50. The lowest BCUT2D eigenvalue weighted by molar-refractivity contribution is -0.149. The van der Waals surface area contributed by atoms with Crippen LogP contribution in [-0.2, 0) is 11.3 Å². The van der Waals surface area contributed by atoms with Gasteiger partial charge in [-0.25, -0.2) is 4.39 Å². The fourth-order valence-electron chi connectivity index (χ4n) is 4.23. The molecule has 0 saturated heterocycles. The standard InChI is InChI=1S/C26H23ClF4N4O2/c1-13-11-37-12-19-18(13)8-22(35-24(19)14-2-4-17(28)5-3-14)20(26(29,30)31)10-34-25(36)15-6-16(9-32)23(33)21(27)7-15/h2-9,13,20,32H,10-12,33H2,1H3,(H,34,36). The third-order valence-corrected chi connectivity index (χ3v) is 6.55. The van der Waals surface area contributed by atoms with Crippen LogP contribution in [-0.4, -0.2) is 36.4 Å². The number of amides is 1. The molecule has 2 atom stereocenters. The first-order valence-electron chi connectivity index (χ1n) is 11.3. The van der Waals surface area contributed by atoms with Crippen LogP contribution >= 0.6 is 11.6 Å². The number of nitrogens with two attached hydrogens (primary N) is 1. The van der Waals surface area contributed by atoms with E-state index in [-0.39, 0.29) is 45.7 Å². The summed E-state index contributed by atoms with van der Waals surface area (Å²) in [6, 6.07) is 9.25. The largest absolute Gasteiger partial charge is 0.398 e. The summed E-state index contributed by atoms with van der Waals surface area (Å²) in [5.41, 5.74) is 7.76. The normalized spacial score (nSPS) is 16.1. The van der Waals surface area contributed by atoms with Crippen LogP contribution in [0.4, 0.5) is 23.2 Å². The number of pyridine rings is 1. The number of rotatable bonds is 6. The van der Waals surface area contributed by atoms with Gasteiger partial charge < -0.3 is 21.2 Å². The predicted octanol–water partition coefficient (Wildman–Crippen LogP) is 5.83. The third kappa shape index (κ3) is 5.60. The van der Waals surface area contributed by atoms with Gasteiger partial charge in [-0.05, 0) is 48.0 Å². The van der Waals surface area contributed by atoms with E-state index in [0.717, 1.165) is 6.21 Å². The molecular weight excluding hydrogens is 512 g/mol. The number of carbonyl (C=O) groups is 1. The molecule has 2 aromatic carbocycles. The fraction of sp³-hybridized carbons (Fsp3) is 0.269. The summed E-state index contributed by atoms with van der Waals surface area (Å²) >= 11 is 6.01. The Morgan fingerprint density at radius 3 is 2.65 bits per heavy atom. The maximum absolute atomic E-state index is 14.3. The van der Waals surface area contributed by atoms with Crippen molar-refractivity contribution < 1.29 is 27.1 Å². The van der Waals surface area contributed by atoms with Gasteiger partial charge in [0.25, 0.3) is 5.91 Å². The number of halogens is 5. The van der Waals surface area contributed by atoms with Crippen molar-refractivity contribution in [2.75, 3.05) is 18.9 Å². The van der Waals surface area contributed by atoms with Gasteiger partial charge in [-0.15, -0.1) is 0 Å². The molecule has 1 amide bonds. The monoisotopic (exact) mass is 534 g/mol. The smallest absolute Gasteiger partial charge is 0.397 e. The molecule has 194 valence electrons. The summed E-state index contributed by atoms with van der Waals surface area (Å²) in [5, 5.41) is 9.72. The highest BCUT2D eigenvalue weighted by Gasteiger charge is 2.43. The van der Waals surface area contributed by atoms with Crippen LogP contribution in [0.1, 0.15) is 51.5 Å². The van der Waals surface area contributed by atoms with Crippen molar-refractivity contribution in [3.63, 3.8) is 0 Å². The number of anilines is 1. The number of nitrogens with one attached hydrogen (secondary N) is 2. The van der Waals surface area contributed by atoms with Gasteiger partial charge in [0.1, 0.15) is 11.7 Å². The molecule has 1 aromatic heterocycles. The van der Waals surface area contributed by atoms with Crippen LogP contribution in [0.2, 0.25) is 5.02 Å². The van der Waals surface area contributed by atoms with Crippen LogP contribution in [0.5, 0.6) is 0 Å². The number of carbonyl (C=O) groups excluding carboxylic acids is 1. The summed E-state index contributed by atoms with van der Waals surface area (Å²) < 4.78 is 61.9. The Balaban J connectivity index is 1.72. The number of fused-ring (bicyclic) bond motifs is 1. The second-order valence-corrected chi connectivity index (χ2v) is 9.20. The molecule has 0 fully saturated rings. The minimum absolute atomic E-state index is 0.00928. The maximum atomic E-state index is 14.3. The van der Waals surface area contributed by atoms with E-state index in [1.807, 2.05) is 6.92 Å². The van der Waals surface area contributed by atoms with Crippen molar-refractivity contribution >= 4 is 29.4 Å². The Morgan fingerprint density at radius 2 is 2.00 bits per heavy atom. The molecule has 1 aliphatic rings. The number of hydrogen-bond donors (Lipinski definition) is 3. The SMILES string of the molecule is CC1COCc2c1cc(C(CNC(=O)c1cc(Cl)c(N)c(C=N)c1)C(F)(F)F)nc2-c1ccc(F)cc1. The van der Waals surface area contributed by atoms with Gasteiger partial charge in [-0.1, -0.05) is 18.5 Å². The Kier molecular flexibility index (Phi) is 7.52. The third-order valence-electron chi connectivity index (χ3n) is 6.24. The zero-order chi connectivity index (χ0) is 26.9. The van der Waals surface area contributed by atoms with Crippen LogP contribution < -0.4 is 11.1 Å². The summed E-state index contributed by atoms with van der Waals surface area (Å²) in [4.78, 5) is 17.1. The number of benzene rings is 2. The zero-order valence-corrected chi connectivity index (χ0v) is 20.4. The fourth-order valence-corrected chi connectivity index (χ4v) is 4.46. The molecule has 3 aromatic rings. The molecular formula is C26H23ClF4N4O2. The molecule has 4 rings (SSSR count). The Bertz CT molecular complexity index is 1350. The molecule has 0 spiro atoms. The van der Waals surface area contributed by atoms with Crippen molar-refractivity contribution in [1.82, 2.24) is 10.3 Å². The van der Waals surface area contributed by atoms with Gasteiger partial charge in [0.05, 0.1) is 35.3 Å². The Labute approximate surface area is 215 Å². The van der Waals surface area contributed by atoms with E-state index < -0.39 is 30.4 Å². The average Bonchev–Trinajstić information content (AvgIpc) is 2.85. The summed E-state index contributed by atoms with van der Waals surface area (Å²) in [6.07, 6.45) is -3.84. The first-order valence-corrected chi connectivity index (χ1v) is 11.7. The van der Waals surface area contributed by atoms with Crippen LogP contribution in [0.25, 0.3) is 11.3 Å². The van der Waals surface area contributed by atoms with Gasteiger partial charge in [0.15, 0.2) is 0 Å². The number of aromatic nitrogens is 1. The molecule has 0 saturated carbocycles. The molecule has 0 bridgehead atoms. The first kappa shape index (κ1) is 26.6. The van der Waals surface area contributed by atoms with Crippen LogP contribution in [0.15, 0.2) is 42.5 Å². The number of nitrogens with zero attached hydrogens (tertiary/aromatic N) is 1. The highest BCUT2D eigenvalue weighted by molar-refractivity contribution is 6.34. The van der Waals surface area contributed by atoms with Crippen LogP contribution in [0, 0.1) is 11.2 Å². The van der Waals surface area contributed by atoms with E-state index in [0.29, 0.717) is 23.3 Å². The van der Waals surface area contributed by atoms with E-state index in [1.165, 1.54) is 42.5 Å². The van der Waals surface area contributed by atoms with E-state index in [4.69, 9.17) is 27.5 Å². The molecule has 2 heterocycles. The lowest BCUT2D eigenvalue weighted by Crippen LogP contribution is -2.36. The van der Waals surface area contributed by atoms with Gasteiger partial charge in [-0.2, -0.15) is 13.2 Å². The van der Waals surface area contributed by atoms with Gasteiger partial charge in [0, 0.05) is 40.9 Å². The van der Waals surface area contributed by atoms with Gasteiger partial charge in [-0.3, -0.25) is 9.78 Å². The number of nitrogen functional groups attached to an aromatic ring is 1. The Morgan fingerprint density at radius 1 is 1.30 bits per heavy atom. The molecule has 4 N–H and O–H groups in total. The van der Waals surface area contributed by atoms with E-state index in [1.54, 1.807) is 0 Å². The summed E-state index contributed by atoms with van der Waals surface area (Å²) in [5.74, 6) is -3.60. The zero-order valence-electron chi connectivity index (χ0n) is 19.6. The lowest BCUT2D eigenvalue weighted by atomic mass is 9.89. The van der Waals surface area contributed by atoms with Gasteiger partial charge >= 0.3 is 6.18 Å². The second kappa shape index (κ2) is 10.5. The highest BCUT2D eigenvalue weighted by atomic mass is 35.5. The molecule has 0 radical (unpaired) electrons. The van der Waals surface area contributed by atoms with Crippen molar-refractivity contribution in [1.29, 1.82) is 5.41 Å². The molecule has 37 heavy (non-hydrogen) atoms. The van der Waals surface area contributed by atoms with Crippen molar-refractivity contribution in [2.24, 2.45) is 0 Å². The minimum Gasteiger partial charge on any atom is -0.397 e. The van der Waals surface area contributed by atoms with Crippen molar-refractivity contribution in [3.05, 3.63) is 81.3 Å². The topological polar surface area (TPSA) is 101 Å². The number of hydrogen-bond acceptors (Lipinski definition) is 5. The second-order valence-electron chi connectivity index (χ2n) is 8.80. The van der Waals surface area contributed by atoms with Crippen molar-refractivity contribution in [2.45, 2.75) is 31.5 Å². The van der Waals surface area contributed by atoms with Crippen molar-refractivity contribution in [3.8, 4) is 11.3 Å². The quantitative estimate of drug-likeness (QED) is 0.210. The molecule has 0 aliphatic carbocycles. The minimum atomic E-state index is -4.73. The molecule has 11 heteroatoms. The van der Waals surface area contributed by atoms with E-state index >= 15 is 0 Å². The lowest BCUT2D eigenvalue weighted by Gasteiger charge is -2.28. The van der Waals surface area contributed by atoms with E-state index in [9.17, 15) is 22.4 Å². The summed E-state index contributed by atoms with van der Waals surface area (Å²) in [6.45, 7) is 1.55. The molecule has 2 unspecified atom stereocenters. The number of alkyl halides is 3. The average molecular weight is 535 g/mol. The predicted molar refractivity (Wildman–Crippen MR) is 133 cm³/mol. The molecule has 6 nitrogen and oxygen atoms in total. The maximum Gasteiger partial charge on any atom is 0.398 e. The summed E-state index contributed by atoms with van der Waals surface area (Å²) in [7, 11) is 0. The number of ether oxygens (including phenoxy) is 1. The van der Waals surface area contributed by atoms with E-state index in [2.05, 4.69) is 10.3 Å². The highest BCUT2D eigenvalue weighted by Crippen LogP contribution is 2.39. The first-order chi connectivity index (χ1) is 17.5.